The van der Waals surface area contributed by atoms with Crippen LogP contribution in [0.1, 0.15) is 6.92 Å². The fourth-order valence-corrected chi connectivity index (χ4v) is 1.19. The van der Waals surface area contributed by atoms with Gasteiger partial charge in [0.1, 0.15) is 18.5 Å². The second-order valence-corrected chi connectivity index (χ2v) is 3.47. The van der Waals surface area contributed by atoms with E-state index in [9.17, 15) is 4.79 Å². The highest BCUT2D eigenvalue weighted by Gasteiger charge is 2.22. The van der Waals surface area contributed by atoms with E-state index in [0.29, 0.717) is 6.61 Å². The molecule has 1 amide bonds. The zero-order valence-corrected chi connectivity index (χ0v) is 8.53. The normalized spacial score (nSPS) is 18.3. The molecule has 4 nitrogen and oxygen atoms in total. The van der Waals surface area contributed by atoms with Gasteiger partial charge in [0, 0.05) is 12.6 Å². The van der Waals surface area contributed by atoms with Crippen LogP contribution in [0.3, 0.4) is 0 Å². The van der Waals surface area contributed by atoms with Gasteiger partial charge in [-0.1, -0.05) is 0 Å². The second-order valence-electron chi connectivity index (χ2n) is 3.47. The van der Waals surface area contributed by atoms with Crippen molar-refractivity contribution >= 4 is 11.6 Å². The monoisotopic (exact) mass is 207 g/mol. The van der Waals surface area contributed by atoms with E-state index in [1.165, 1.54) is 6.92 Å². The van der Waals surface area contributed by atoms with Crippen LogP contribution in [0.15, 0.2) is 24.3 Å². The van der Waals surface area contributed by atoms with Crippen molar-refractivity contribution in [2.75, 3.05) is 18.5 Å². The summed E-state index contributed by atoms with van der Waals surface area (Å²) in [6.45, 7) is 2.87. The Morgan fingerprint density at radius 1 is 1.53 bits per heavy atom. The van der Waals surface area contributed by atoms with E-state index >= 15 is 0 Å². The maximum absolute atomic E-state index is 10.8. The van der Waals surface area contributed by atoms with Gasteiger partial charge in [-0.2, -0.15) is 0 Å². The Morgan fingerprint density at radius 3 is 2.73 bits per heavy atom. The molecule has 1 unspecified atom stereocenters. The Balaban J connectivity index is 1.87. The van der Waals surface area contributed by atoms with Crippen LogP contribution >= 0.6 is 0 Å². The first-order valence-corrected chi connectivity index (χ1v) is 4.86. The van der Waals surface area contributed by atoms with E-state index in [2.05, 4.69) is 5.32 Å². The molecule has 2 rings (SSSR count). The third-order valence-electron chi connectivity index (χ3n) is 2.01. The number of anilines is 1. The first kappa shape index (κ1) is 9.98. The fraction of sp³-hybridized carbons (Fsp3) is 0.364. The standard InChI is InChI=1S/C11H13NO3/c1-8(13)12-9-2-4-10(5-3-9)14-6-11-7-15-11/h2-5,11H,6-7H2,1H3,(H,12,13). The van der Waals surface area contributed by atoms with E-state index in [-0.39, 0.29) is 12.0 Å². The van der Waals surface area contributed by atoms with Gasteiger partial charge in [0.2, 0.25) is 5.91 Å². The zero-order valence-electron chi connectivity index (χ0n) is 8.53. The minimum absolute atomic E-state index is 0.0740. The lowest BCUT2D eigenvalue weighted by atomic mass is 10.3. The Kier molecular flexibility index (Phi) is 2.87. The predicted octanol–water partition coefficient (Wildman–Crippen LogP) is 1.42. The van der Waals surface area contributed by atoms with E-state index in [1.54, 1.807) is 0 Å². The summed E-state index contributed by atoms with van der Waals surface area (Å²) < 4.78 is 10.5. The number of rotatable bonds is 4. The molecule has 1 aliphatic heterocycles. The molecule has 1 aromatic rings. The number of ether oxygens (including phenoxy) is 2. The Labute approximate surface area is 88.2 Å². The lowest BCUT2D eigenvalue weighted by molar-refractivity contribution is -0.114. The molecule has 0 spiro atoms. The quantitative estimate of drug-likeness (QED) is 0.760. The minimum Gasteiger partial charge on any atom is -0.491 e. The molecule has 1 atom stereocenters. The summed E-state index contributed by atoms with van der Waals surface area (Å²) in [5, 5.41) is 2.69. The van der Waals surface area contributed by atoms with Crippen LogP contribution < -0.4 is 10.1 Å². The van der Waals surface area contributed by atoms with E-state index in [0.717, 1.165) is 18.0 Å². The summed E-state index contributed by atoms with van der Waals surface area (Å²) in [5.74, 6) is 0.717. The number of amides is 1. The van der Waals surface area contributed by atoms with Crippen LogP contribution in [0, 0.1) is 0 Å². The molecule has 1 saturated heterocycles. The molecule has 1 fully saturated rings. The molecule has 1 aliphatic rings. The molecular formula is C11H13NO3. The summed E-state index contributed by atoms with van der Waals surface area (Å²) >= 11 is 0. The van der Waals surface area contributed by atoms with Crippen molar-refractivity contribution in [3.8, 4) is 5.75 Å². The average Bonchev–Trinajstić information content (AvgIpc) is 2.99. The van der Waals surface area contributed by atoms with E-state index < -0.39 is 0 Å². The first-order chi connectivity index (χ1) is 7.24. The number of carbonyl (C=O) groups excluding carboxylic acids is 1. The van der Waals surface area contributed by atoms with Crippen molar-refractivity contribution in [2.45, 2.75) is 13.0 Å². The molecule has 0 saturated carbocycles. The average molecular weight is 207 g/mol. The highest BCUT2D eigenvalue weighted by molar-refractivity contribution is 5.88. The SMILES string of the molecule is CC(=O)Nc1ccc(OCC2CO2)cc1. The molecular weight excluding hydrogens is 194 g/mol. The molecule has 1 N–H and O–H groups in total. The van der Waals surface area contributed by atoms with Crippen molar-refractivity contribution in [3.63, 3.8) is 0 Å². The minimum atomic E-state index is -0.0740. The largest absolute Gasteiger partial charge is 0.491 e. The van der Waals surface area contributed by atoms with Gasteiger partial charge in [0.25, 0.3) is 0 Å². The lowest BCUT2D eigenvalue weighted by Crippen LogP contribution is -2.06. The van der Waals surface area contributed by atoms with Crippen molar-refractivity contribution in [1.82, 2.24) is 0 Å². The number of nitrogens with one attached hydrogen (secondary N) is 1. The molecule has 1 heterocycles. The van der Waals surface area contributed by atoms with Gasteiger partial charge in [-0.25, -0.2) is 0 Å². The van der Waals surface area contributed by atoms with Crippen molar-refractivity contribution in [2.24, 2.45) is 0 Å². The molecule has 0 aromatic heterocycles. The molecule has 0 radical (unpaired) electrons. The van der Waals surface area contributed by atoms with E-state index in [1.807, 2.05) is 24.3 Å². The maximum atomic E-state index is 10.8. The molecule has 4 heteroatoms. The molecule has 80 valence electrons. The van der Waals surface area contributed by atoms with E-state index in [4.69, 9.17) is 9.47 Å². The van der Waals surface area contributed by atoms with Gasteiger partial charge in [-0.3, -0.25) is 4.79 Å². The van der Waals surface area contributed by atoms with Gasteiger partial charge < -0.3 is 14.8 Å². The number of benzene rings is 1. The highest BCUT2D eigenvalue weighted by atomic mass is 16.6. The van der Waals surface area contributed by atoms with Crippen molar-refractivity contribution in [3.05, 3.63) is 24.3 Å². The second kappa shape index (κ2) is 4.31. The Bertz CT molecular complexity index is 343. The first-order valence-electron chi connectivity index (χ1n) is 4.86. The van der Waals surface area contributed by atoms with Gasteiger partial charge in [0.05, 0.1) is 6.61 Å². The molecule has 0 bridgehead atoms. The predicted molar refractivity (Wildman–Crippen MR) is 56.0 cm³/mol. The van der Waals surface area contributed by atoms with Crippen molar-refractivity contribution in [1.29, 1.82) is 0 Å². The lowest BCUT2D eigenvalue weighted by Gasteiger charge is -2.05. The van der Waals surface area contributed by atoms with Gasteiger partial charge in [0.15, 0.2) is 0 Å². The van der Waals surface area contributed by atoms with Crippen LogP contribution in [0.4, 0.5) is 5.69 Å². The molecule has 0 aliphatic carbocycles. The summed E-state index contributed by atoms with van der Waals surface area (Å²) in [6, 6.07) is 7.27. The zero-order chi connectivity index (χ0) is 10.7. The number of hydrogen-bond donors (Lipinski definition) is 1. The summed E-state index contributed by atoms with van der Waals surface area (Å²) in [7, 11) is 0. The van der Waals surface area contributed by atoms with Crippen LogP contribution in [0.2, 0.25) is 0 Å². The Morgan fingerprint density at radius 2 is 2.20 bits per heavy atom. The smallest absolute Gasteiger partial charge is 0.221 e. The Hall–Kier alpha value is -1.55. The van der Waals surface area contributed by atoms with Gasteiger partial charge in [-0.15, -0.1) is 0 Å². The van der Waals surface area contributed by atoms with Crippen LogP contribution in [-0.2, 0) is 9.53 Å². The molecule has 1 aromatic carbocycles. The number of epoxide rings is 1. The summed E-state index contributed by atoms with van der Waals surface area (Å²) in [4.78, 5) is 10.8. The topological polar surface area (TPSA) is 50.9 Å². The van der Waals surface area contributed by atoms with Crippen LogP contribution in [0.25, 0.3) is 0 Å². The summed E-state index contributed by atoms with van der Waals surface area (Å²) in [6.07, 6.45) is 0.264. The molecule has 15 heavy (non-hydrogen) atoms. The van der Waals surface area contributed by atoms with Crippen LogP contribution in [0.5, 0.6) is 5.75 Å². The number of carbonyl (C=O) groups is 1. The van der Waals surface area contributed by atoms with Gasteiger partial charge in [-0.05, 0) is 24.3 Å². The maximum Gasteiger partial charge on any atom is 0.221 e. The summed E-state index contributed by atoms with van der Waals surface area (Å²) in [5.41, 5.74) is 0.775. The van der Waals surface area contributed by atoms with Gasteiger partial charge >= 0.3 is 0 Å². The third kappa shape index (κ3) is 3.25. The third-order valence-corrected chi connectivity index (χ3v) is 2.01. The number of hydrogen-bond acceptors (Lipinski definition) is 3. The highest BCUT2D eigenvalue weighted by Crippen LogP contribution is 2.17. The van der Waals surface area contributed by atoms with Crippen LogP contribution in [-0.4, -0.2) is 25.2 Å². The van der Waals surface area contributed by atoms with Crippen molar-refractivity contribution < 1.29 is 14.3 Å². The fourth-order valence-electron chi connectivity index (χ4n) is 1.19.